The van der Waals surface area contributed by atoms with Gasteiger partial charge in [0.2, 0.25) is 0 Å². The van der Waals surface area contributed by atoms with Crippen molar-refractivity contribution in [1.82, 2.24) is 4.90 Å². The van der Waals surface area contributed by atoms with Crippen molar-refractivity contribution in [3.8, 4) is 5.75 Å². The van der Waals surface area contributed by atoms with E-state index in [9.17, 15) is 0 Å². The van der Waals surface area contributed by atoms with Gasteiger partial charge in [0.25, 0.3) is 0 Å². The highest BCUT2D eigenvalue weighted by atomic mass is 16.5. The molecule has 0 bridgehead atoms. The number of nitrogens with two attached hydrogens (primary N) is 1. The second-order valence-corrected chi connectivity index (χ2v) is 6.70. The Morgan fingerprint density at radius 3 is 2.52 bits per heavy atom. The van der Waals surface area contributed by atoms with Gasteiger partial charge < -0.3 is 10.5 Å². The number of nitrogens with zero attached hydrogens (tertiary/aromatic N) is 1. The average Bonchev–Trinajstić information content (AvgIpc) is 2.47. The molecule has 0 aliphatic heterocycles. The predicted octanol–water partition coefficient (Wildman–Crippen LogP) is 3.32. The van der Waals surface area contributed by atoms with E-state index in [2.05, 4.69) is 44.7 Å². The summed E-state index contributed by atoms with van der Waals surface area (Å²) in [7, 11) is 1.74. The monoisotopic (exact) mass is 292 g/mol. The second-order valence-electron chi connectivity index (χ2n) is 6.70. The number of rotatable bonds is 9. The van der Waals surface area contributed by atoms with E-state index in [-0.39, 0.29) is 5.41 Å². The van der Waals surface area contributed by atoms with E-state index in [0.29, 0.717) is 12.6 Å². The molecule has 1 atom stereocenters. The molecular formula is C18H32N2O. The molecule has 1 aromatic rings. The molecule has 21 heavy (non-hydrogen) atoms. The van der Waals surface area contributed by atoms with Gasteiger partial charge in [0.05, 0.1) is 7.11 Å². The lowest BCUT2D eigenvalue weighted by molar-refractivity contribution is 0.139. The minimum Gasteiger partial charge on any atom is -0.496 e. The van der Waals surface area contributed by atoms with Crippen LogP contribution in [0.15, 0.2) is 24.3 Å². The molecule has 0 aliphatic carbocycles. The number of para-hydroxylation sites is 1. The number of benzene rings is 1. The lowest BCUT2D eigenvalue weighted by Crippen LogP contribution is -2.44. The Balaban J connectivity index is 2.79. The van der Waals surface area contributed by atoms with Gasteiger partial charge in [-0.1, -0.05) is 39.0 Å². The van der Waals surface area contributed by atoms with Crippen LogP contribution in [0.25, 0.3) is 0 Å². The molecule has 2 N–H and O–H groups in total. The van der Waals surface area contributed by atoms with Crippen LogP contribution >= 0.6 is 0 Å². The zero-order valence-corrected chi connectivity index (χ0v) is 14.4. The molecule has 3 nitrogen and oxygen atoms in total. The van der Waals surface area contributed by atoms with Crippen molar-refractivity contribution in [1.29, 1.82) is 0 Å². The number of ether oxygens (including phenoxy) is 1. The topological polar surface area (TPSA) is 38.5 Å². The first-order chi connectivity index (χ1) is 9.93. The molecule has 0 radical (unpaired) electrons. The largest absolute Gasteiger partial charge is 0.496 e. The third-order valence-corrected chi connectivity index (χ3v) is 4.03. The SMILES string of the molecule is CCCN(CC(C)(C)CN)C(C)Cc1ccccc1OC. The van der Waals surface area contributed by atoms with Crippen LogP contribution in [-0.4, -0.2) is 37.7 Å². The fourth-order valence-electron chi connectivity index (χ4n) is 2.68. The molecule has 0 fully saturated rings. The first-order valence-electron chi connectivity index (χ1n) is 7.99. The maximum Gasteiger partial charge on any atom is 0.122 e. The second kappa shape index (κ2) is 8.40. The van der Waals surface area contributed by atoms with E-state index in [0.717, 1.165) is 31.7 Å². The van der Waals surface area contributed by atoms with Crippen molar-refractivity contribution in [2.45, 2.75) is 46.6 Å². The van der Waals surface area contributed by atoms with Crippen molar-refractivity contribution in [3.05, 3.63) is 29.8 Å². The molecule has 0 amide bonds. The van der Waals surface area contributed by atoms with Gasteiger partial charge in [-0.05, 0) is 49.9 Å². The van der Waals surface area contributed by atoms with E-state index in [1.165, 1.54) is 5.56 Å². The summed E-state index contributed by atoms with van der Waals surface area (Å²) in [5, 5.41) is 0. The van der Waals surface area contributed by atoms with Crippen LogP contribution in [0, 0.1) is 5.41 Å². The Labute approximate surface area is 130 Å². The molecule has 0 aliphatic rings. The molecule has 0 saturated carbocycles. The van der Waals surface area contributed by atoms with E-state index in [1.807, 2.05) is 12.1 Å². The van der Waals surface area contributed by atoms with Crippen LogP contribution in [0.5, 0.6) is 5.75 Å². The van der Waals surface area contributed by atoms with Crippen LogP contribution < -0.4 is 10.5 Å². The predicted molar refractivity (Wildman–Crippen MR) is 90.9 cm³/mol. The normalized spacial score (nSPS) is 13.5. The van der Waals surface area contributed by atoms with Gasteiger partial charge in [-0.2, -0.15) is 0 Å². The minimum atomic E-state index is 0.157. The highest BCUT2D eigenvalue weighted by Crippen LogP contribution is 2.23. The highest BCUT2D eigenvalue weighted by molar-refractivity contribution is 5.33. The number of hydrogen-bond acceptors (Lipinski definition) is 3. The quantitative estimate of drug-likeness (QED) is 0.759. The fraction of sp³-hybridized carbons (Fsp3) is 0.667. The Morgan fingerprint density at radius 1 is 1.29 bits per heavy atom. The van der Waals surface area contributed by atoms with Gasteiger partial charge in [-0.15, -0.1) is 0 Å². The summed E-state index contributed by atoms with van der Waals surface area (Å²) in [5.41, 5.74) is 7.34. The smallest absolute Gasteiger partial charge is 0.122 e. The van der Waals surface area contributed by atoms with Crippen LogP contribution in [0.2, 0.25) is 0 Å². The Morgan fingerprint density at radius 2 is 1.95 bits per heavy atom. The molecule has 120 valence electrons. The molecule has 0 aromatic heterocycles. The van der Waals surface area contributed by atoms with Crippen molar-refractivity contribution >= 4 is 0 Å². The van der Waals surface area contributed by atoms with Gasteiger partial charge in [-0.25, -0.2) is 0 Å². The maximum absolute atomic E-state index is 5.90. The van der Waals surface area contributed by atoms with Gasteiger partial charge in [-0.3, -0.25) is 4.90 Å². The molecular weight excluding hydrogens is 260 g/mol. The third-order valence-electron chi connectivity index (χ3n) is 4.03. The molecule has 0 spiro atoms. The van der Waals surface area contributed by atoms with Crippen molar-refractivity contribution < 1.29 is 4.74 Å². The zero-order valence-electron chi connectivity index (χ0n) is 14.4. The van der Waals surface area contributed by atoms with Crippen LogP contribution in [-0.2, 0) is 6.42 Å². The summed E-state index contributed by atoms with van der Waals surface area (Å²) < 4.78 is 5.47. The summed E-state index contributed by atoms with van der Waals surface area (Å²) in [4.78, 5) is 2.55. The summed E-state index contributed by atoms with van der Waals surface area (Å²) in [5.74, 6) is 0.985. The summed E-state index contributed by atoms with van der Waals surface area (Å²) in [6, 6.07) is 8.78. The number of hydrogen-bond donors (Lipinski definition) is 1. The average molecular weight is 292 g/mol. The summed E-state index contributed by atoms with van der Waals surface area (Å²) >= 11 is 0. The Bertz CT molecular complexity index is 417. The van der Waals surface area contributed by atoms with E-state index in [1.54, 1.807) is 7.11 Å². The molecule has 0 saturated heterocycles. The molecule has 0 heterocycles. The van der Waals surface area contributed by atoms with E-state index in [4.69, 9.17) is 10.5 Å². The standard InChI is InChI=1S/C18H32N2O/c1-6-11-20(14-18(3,4)13-19)15(2)12-16-9-7-8-10-17(16)21-5/h7-10,15H,6,11-14,19H2,1-5H3. The van der Waals surface area contributed by atoms with Crippen LogP contribution in [0.3, 0.4) is 0 Å². The van der Waals surface area contributed by atoms with Gasteiger partial charge in [0, 0.05) is 12.6 Å². The zero-order chi connectivity index (χ0) is 15.9. The van der Waals surface area contributed by atoms with Gasteiger partial charge >= 0.3 is 0 Å². The molecule has 3 heteroatoms. The number of methoxy groups -OCH3 is 1. The maximum atomic E-state index is 5.90. The molecule has 1 unspecified atom stereocenters. The molecule has 1 rings (SSSR count). The van der Waals surface area contributed by atoms with Crippen LogP contribution in [0.4, 0.5) is 0 Å². The third kappa shape index (κ3) is 5.68. The highest BCUT2D eigenvalue weighted by Gasteiger charge is 2.23. The minimum absolute atomic E-state index is 0.157. The summed E-state index contributed by atoms with van der Waals surface area (Å²) in [6.07, 6.45) is 2.17. The van der Waals surface area contributed by atoms with E-state index >= 15 is 0 Å². The van der Waals surface area contributed by atoms with Crippen molar-refractivity contribution in [2.24, 2.45) is 11.1 Å². The van der Waals surface area contributed by atoms with Gasteiger partial charge in [0.15, 0.2) is 0 Å². The Kier molecular flexibility index (Phi) is 7.20. The van der Waals surface area contributed by atoms with Crippen molar-refractivity contribution in [3.63, 3.8) is 0 Å². The van der Waals surface area contributed by atoms with Crippen LogP contribution in [0.1, 0.15) is 39.7 Å². The van der Waals surface area contributed by atoms with E-state index < -0.39 is 0 Å². The molecule has 1 aromatic carbocycles. The first-order valence-corrected chi connectivity index (χ1v) is 7.99. The fourth-order valence-corrected chi connectivity index (χ4v) is 2.68. The van der Waals surface area contributed by atoms with Crippen molar-refractivity contribution in [2.75, 3.05) is 26.7 Å². The lowest BCUT2D eigenvalue weighted by Gasteiger charge is -2.36. The summed E-state index contributed by atoms with van der Waals surface area (Å²) in [6.45, 7) is 11.9. The first kappa shape index (κ1) is 18.0. The Hall–Kier alpha value is -1.06. The van der Waals surface area contributed by atoms with Gasteiger partial charge in [0.1, 0.15) is 5.75 Å². The lowest BCUT2D eigenvalue weighted by atomic mass is 9.91.